The Balaban J connectivity index is 2.02. The molecule has 0 spiro atoms. The van der Waals surface area contributed by atoms with Crippen LogP contribution < -0.4 is 0 Å². The molecule has 0 saturated heterocycles. The van der Waals surface area contributed by atoms with Gasteiger partial charge in [-0.15, -0.1) is 0 Å². The molecule has 1 aromatic rings. The molecule has 0 unspecified atom stereocenters. The average Bonchev–Trinajstić information content (AvgIpc) is 2.41. The summed E-state index contributed by atoms with van der Waals surface area (Å²) in [5.74, 6) is 0.784. The summed E-state index contributed by atoms with van der Waals surface area (Å²) in [6.07, 6.45) is 2.45. The first-order valence-corrected chi connectivity index (χ1v) is 6.05. The molecule has 0 atom stereocenters. The van der Waals surface area contributed by atoms with Gasteiger partial charge in [-0.05, 0) is 29.9 Å². The second-order valence-corrected chi connectivity index (χ2v) is 4.96. The highest BCUT2D eigenvalue weighted by molar-refractivity contribution is 5.28. The maximum absolute atomic E-state index is 2.60. The van der Waals surface area contributed by atoms with Crippen molar-refractivity contribution >= 4 is 0 Å². The van der Waals surface area contributed by atoms with Crippen LogP contribution in [0.15, 0.2) is 24.3 Å². The van der Waals surface area contributed by atoms with E-state index in [2.05, 4.69) is 43.0 Å². The highest BCUT2D eigenvalue weighted by Crippen LogP contribution is 2.15. The highest BCUT2D eigenvalue weighted by Gasteiger charge is 2.13. The number of benzene rings is 1. The Morgan fingerprint density at radius 3 is 2.07 bits per heavy atom. The zero-order valence-electron chi connectivity index (χ0n) is 9.87. The minimum Gasteiger partial charge on any atom is -0.302 e. The molecule has 1 heteroatoms. The van der Waals surface area contributed by atoms with E-state index in [-0.39, 0.29) is 0 Å². The van der Waals surface area contributed by atoms with Crippen LogP contribution in [0.3, 0.4) is 0 Å². The molecule has 1 aromatic carbocycles. The van der Waals surface area contributed by atoms with Crippen LogP contribution in [0.4, 0.5) is 0 Å². The second kappa shape index (κ2) is 4.80. The lowest BCUT2D eigenvalue weighted by Gasteiger charge is -2.21. The number of fused-ring (bicyclic) bond motifs is 1. The lowest BCUT2D eigenvalue weighted by molar-refractivity contribution is 0.255. The van der Waals surface area contributed by atoms with Crippen LogP contribution in [0.1, 0.15) is 25.0 Å². The Kier molecular flexibility index (Phi) is 3.42. The van der Waals surface area contributed by atoms with Gasteiger partial charge in [0.25, 0.3) is 0 Å². The smallest absolute Gasteiger partial charge is 0.00222 e. The van der Waals surface area contributed by atoms with Gasteiger partial charge in [0, 0.05) is 19.6 Å². The van der Waals surface area contributed by atoms with Gasteiger partial charge in [0.1, 0.15) is 0 Å². The number of rotatable bonds is 2. The molecule has 1 aliphatic heterocycles. The molecule has 2 rings (SSSR count). The minimum atomic E-state index is 0.784. The van der Waals surface area contributed by atoms with E-state index in [4.69, 9.17) is 0 Å². The van der Waals surface area contributed by atoms with Crippen LogP contribution in [-0.2, 0) is 12.8 Å². The lowest BCUT2D eigenvalue weighted by atomic mass is 10.0. The fraction of sp³-hybridized carbons (Fsp3) is 0.571. The molecule has 82 valence electrons. The predicted octanol–water partition coefficient (Wildman–Crippen LogP) is 2.74. The first-order chi connectivity index (χ1) is 7.25. The van der Waals surface area contributed by atoms with Crippen molar-refractivity contribution in [2.45, 2.75) is 26.7 Å². The Bertz CT molecular complexity index is 290. The summed E-state index contributed by atoms with van der Waals surface area (Å²) in [6, 6.07) is 8.90. The summed E-state index contributed by atoms with van der Waals surface area (Å²) in [4.78, 5) is 2.60. The molecule has 0 amide bonds. The van der Waals surface area contributed by atoms with Crippen molar-refractivity contribution in [2.24, 2.45) is 5.92 Å². The summed E-state index contributed by atoms with van der Waals surface area (Å²) in [5, 5.41) is 0. The molecule has 1 aliphatic rings. The van der Waals surface area contributed by atoms with Crippen molar-refractivity contribution < 1.29 is 0 Å². The van der Waals surface area contributed by atoms with Crippen LogP contribution in [-0.4, -0.2) is 24.5 Å². The van der Waals surface area contributed by atoms with Crippen molar-refractivity contribution in [3.8, 4) is 0 Å². The van der Waals surface area contributed by atoms with Crippen LogP contribution in [0.2, 0.25) is 0 Å². The zero-order valence-corrected chi connectivity index (χ0v) is 9.87. The molecule has 0 saturated carbocycles. The van der Waals surface area contributed by atoms with Crippen LogP contribution in [0, 0.1) is 5.92 Å². The van der Waals surface area contributed by atoms with Gasteiger partial charge in [-0.1, -0.05) is 38.1 Å². The topological polar surface area (TPSA) is 3.24 Å². The second-order valence-electron chi connectivity index (χ2n) is 4.96. The van der Waals surface area contributed by atoms with E-state index < -0.39 is 0 Å². The normalized spacial score (nSPS) is 17.5. The van der Waals surface area contributed by atoms with Crippen LogP contribution in [0.25, 0.3) is 0 Å². The Labute approximate surface area is 93.1 Å². The van der Waals surface area contributed by atoms with E-state index in [0.717, 1.165) is 5.92 Å². The van der Waals surface area contributed by atoms with E-state index in [0.29, 0.717) is 0 Å². The standard InChI is InChI=1S/C14H21N/c1-12(2)11-15-9-7-13-5-3-4-6-14(13)8-10-15/h3-6,12H,7-11H2,1-2H3. The van der Waals surface area contributed by atoms with Crippen molar-refractivity contribution in [1.82, 2.24) is 4.90 Å². The first kappa shape index (κ1) is 10.7. The Morgan fingerprint density at radius 2 is 1.60 bits per heavy atom. The molecular weight excluding hydrogens is 182 g/mol. The summed E-state index contributed by atoms with van der Waals surface area (Å²) in [7, 11) is 0. The monoisotopic (exact) mass is 203 g/mol. The third kappa shape index (κ3) is 2.82. The summed E-state index contributed by atoms with van der Waals surface area (Å²) in [5.41, 5.74) is 3.12. The minimum absolute atomic E-state index is 0.784. The zero-order chi connectivity index (χ0) is 10.7. The maximum atomic E-state index is 2.60. The van der Waals surface area contributed by atoms with Crippen molar-refractivity contribution in [2.75, 3.05) is 19.6 Å². The highest BCUT2D eigenvalue weighted by atomic mass is 15.1. The molecule has 0 fully saturated rings. The number of hydrogen-bond acceptors (Lipinski definition) is 1. The fourth-order valence-corrected chi connectivity index (χ4v) is 2.41. The molecule has 0 aliphatic carbocycles. The molecular formula is C14H21N. The van der Waals surface area contributed by atoms with Gasteiger partial charge in [-0.3, -0.25) is 0 Å². The lowest BCUT2D eigenvalue weighted by Crippen LogP contribution is -2.30. The fourth-order valence-electron chi connectivity index (χ4n) is 2.41. The molecule has 15 heavy (non-hydrogen) atoms. The summed E-state index contributed by atoms with van der Waals surface area (Å²) < 4.78 is 0. The SMILES string of the molecule is CC(C)CN1CCc2ccccc2CC1. The van der Waals surface area contributed by atoms with Gasteiger partial charge in [0.05, 0.1) is 0 Å². The summed E-state index contributed by atoms with van der Waals surface area (Å²) in [6.45, 7) is 8.31. The first-order valence-electron chi connectivity index (χ1n) is 6.05. The molecule has 0 aromatic heterocycles. The molecule has 1 nitrogen and oxygen atoms in total. The Hall–Kier alpha value is -0.820. The Morgan fingerprint density at radius 1 is 1.07 bits per heavy atom. The average molecular weight is 203 g/mol. The van der Waals surface area contributed by atoms with E-state index >= 15 is 0 Å². The molecule has 0 radical (unpaired) electrons. The molecule has 0 N–H and O–H groups in total. The van der Waals surface area contributed by atoms with Crippen LogP contribution in [0.5, 0.6) is 0 Å². The van der Waals surface area contributed by atoms with Gasteiger partial charge in [0.2, 0.25) is 0 Å². The third-order valence-electron chi connectivity index (χ3n) is 3.14. The van der Waals surface area contributed by atoms with Gasteiger partial charge >= 0.3 is 0 Å². The number of nitrogens with zero attached hydrogens (tertiary/aromatic N) is 1. The van der Waals surface area contributed by atoms with E-state index in [1.54, 1.807) is 11.1 Å². The maximum Gasteiger partial charge on any atom is 0.00222 e. The van der Waals surface area contributed by atoms with Crippen molar-refractivity contribution in [3.05, 3.63) is 35.4 Å². The van der Waals surface area contributed by atoms with Gasteiger partial charge < -0.3 is 4.90 Å². The van der Waals surface area contributed by atoms with E-state index in [1.807, 2.05) is 0 Å². The van der Waals surface area contributed by atoms with E-state index in [1.165, 1.54) is 32.5 Å². The van der Waals surface area contributed by atoms with E-state index in [9.17, 15) is 0 Å². The van der Waals surface area contributed by atoms with Gasteiger partial charge in [-0.25, -0.2) is 0 Å². The molecule has 0 bridgehead atoms. The van der Waals surface area contributed by atoms with Crippen molar-refractivity contribution in [3.63, 3.8) is 0 Å². The number of hydrogen-bond donors (Lipinski definition) is 0. The van der Waals surface area contributed by atoms with Gasteiger partial charge in [0.15, 0.2) is 0 Å². The quantitative estimate of drug-likeness (QED) is 0.714. The summed E-state index contributed by atoms with van der Waals surface area (Å²) >= 11 is 0. The van der Waals surface area contributed by atoms with Crippen molar-refractivity contribution in [1.29, 1.82) is 0 Å². The van der Waals surface area contributed by atoms with Crippen LogP contribution >= 0.6 is 0 Å². The largest absolute Gasteiger partial charge is 0.302 e. The molecule has 1 heterocycles. The van der Waals surface area contributed by atoms with Gasteiger partial charge in [-0.2, -0.15) is 0 Å². The predicted molar refractivity (Wildman–Crippen MR) is 65.1 cm³/mol. The third-order valence-corrected chi connectivity index (χ3v) is 3.14.